The van der Waals surface area contributed by atoms with Crippen molar-refractivity contribution in [1.82, 2.24) is 10.2 Å². The Labute approximate surface area is 233 Å². The molecule has 0 aliphatic carbocycles. The predicted molar refractivity (Wildman–Crippen MR) is 153 cm³/mol. The lowest BCUT2D eigenvalue weighted by atomic mass is 10.0. The molecule has 0 radical (unpaired) electrons. The van der Waals surface area contributed by atoms with Crippen LogP contribution in [0.5, 0.6) is 5.75 Å². The highest BCUT2D eigenvalue weighted by Crippen LogP contribution is 2.29. The lowest BCUT2D eigenvalue weighted by Gasteiger charge is -2.32. The highest BCUT2D eigenvalue weighted by atomic mass is 79.9. The number of halogens is 2. The molecule has 0 aliphatic heterocycles. The summed E-state index contributed by atoms with van der Waals surface area (Å²) < 4.78 is 6.72. The Bertz CT molecular complexity index is 1200. The fourth-order valence-corrected chi connectivity index (χ4v) is 4.67. The Morgan fingerprint density at radius 1 is 0.973 bits per heavy atom. The van der Waals surface area contributed by atoms with Crippen LogP contribution in [0, 0.1) is 0 Å². The first-order valence-electron chi connectivity index (χ1n) is 12.4. The SMILES string of the molecule is CC(C)NC(=O)C(Cc1ccccc1)N(Cc1ccccc1Cl)C(=O)COc1ccc(C(C)C)cc1Br. The highest BCUT2D eigenvalue weighted by molar-refractivity contribution is 9.10. The zero-order valence-electron chi connectivity index (χ0n) is 21.7. The van der Waals surface area contributed by atoms with Gasteiger partial charge in [0.05, 0.1) is 4.47 Å². The fraction of sp³-hybridized carbons (Fsp3) is 0.333. The van der Waals surface area contributed by atoms with Crippen molar-refractivity contribution in [1.29, 1.82) is 0 Å². The van der Waals surface area contributed by atoms with Crippen molar-refractivity contribution in [2.45, 2.75) is 58.7 Å². The van der Waals surface area contributed by atoms with Crippen LogP contribution in [-0.2, 0) is 22.6 Å². The third kappa shape index (κ3) is 8.34. The van der Waals surface area contributed by atoms with Gasteiger partial charge in [-0.25, -0.2) is 0 Å². The monoisotopic (exact) mass is 584 g/mol. The molecule has 5 nitrogen and oxygen atoms in total. The van der Waals surface area contributed by atoms with Crippen LogP contribution in [0.4, 0.5) is 0 Å². The van der Waals surface area contributed by atoms with Crippen molar-refractivity contribution in [3.63, 3.8) is 0 Å². The number of hydrogen-bond donors (Lipinski definition) is 1. The van der Waals surface area contributed by atoms with Crippen LogP contribution in [0.25, 0.3) is 0 Å². The third-order valence-electron chi connectivity index (χ3n) is 5.97. The number of rotatable bonds is 11. The number of carbonyl (C=O) groups excluding carboxylic acids is 2. The van der Waals surface area contributed by atoms with Crippen LogP contribution in [0.15, 0.2) is 77.3 Å². The van der Waals surface area contributed by atoms with Crippen LogP contribution < -0.4 is 10.1 Å². The molecule has 1 atom stereocenters. The van der Waals surface area contributed by atoms with Gasteiger partial charge < -0.3 is 15.0 Å². The normalized spacial score (nSPS) is 11.9. The third-order valence-corrected chi connectivity index (χ3v) is 6.96. The van der Waals surface area contributed by atoms with E-state index >= 15 is 0 Å². The van der Waals surface area contributed by atoms with E-state index in [4.69, 9.17) is 16.3 Å². The lowest BCUT2D eigenvalue weighted by molar-refractivity contribution is -0.143. The quantitative estimate of drug-likeness (QED) is 0.270. The molecule has 0 saturated heterocycles. The van der Waals surface area contributed by atoms with E-state index < -0.39 is 6.04 Å². The Morgan fingerprint density at radius 3 is 2.27 bits per heavy atom. The Morgan fingerprint density at radius 2 is 1.65 bits per heavy atom. The van der Waals surface area contributed by atoms with Gasteiger partial charge in [0.1, 0.15) is 11.8 Å². The van der Waals surface area contributed by atoms with Gasteiger partial charge in [0.2, 0.25) is 5.91 Å². The zero-order valence-corrected chi connectivity index (χ0v) is 24.1. The predicted octanol–water partition coefficient (Wildman–Crippen LogP) is 6.77. The molecule has 0 heterocycles. The molecule has 3 rings (SSSR count). The second-order valence-electron chi connectivity index (χ2n) is 9.62. The van der Waals surface area contributed by atoms with E-state index in [1.54, 1.807) is 11.0 Å². The molecular weight excluding hydrogens is 552 g/mol. The molecule has 7 heteroatoms. The number of nitrogens with one attached hydrogen (secondary N) is 1. The second-order valence-corrected chi connectivity index (χ2v) is 10.9. The summed E-state index contributed by atoms with van der Waals surface area (Å²) in [6.45, 7) is 8.00. The highest BCUT2D eigenvalue weighted by Gasteiger charge is 2.31. The molecule has 37 heavy (non-hydrogen) atoms. The van der Waals surface area contributed by atoms with Gasteiger partial charge in [0.15, 0.2) is 6.61 Å². The minimum atomic E-state index is -0.746. The van der Waals surface area contributed by atoms with E-state index in [1.807, 2.05) is 80.6 Å². The first-order chi connectivity index (χ1) is 17.7. The van der Waals surface area contributed by atoms with Crippen molar-refractivity contribution in [2.24, 2.45) is 0 Å². The molecule has 0 bridgehead atoms. The maximum Gasteiger partial charge on any atom is 0.261 e. The molecule has 0 aromatic heterocycles. The van der Waals surface area contributed by atoms with Gasteiger partial charge in [-0.2, -0.15) is 0 Å². The van der Waals surface area contributed by atoms with E-state index in [-0.39, 0.29) is 31.0 Å². The molecule has 196 valence electrons. The van der Waals surface area contributed by atoms with Gasteiger partial charge in [-0.05, 0) is 70.6 Å². The Hall–Kier alpha value is -2.83. The first kappa shape index (κ1) is 28.7. The van der Waals surface area contributed by atoms with E-state index in [0.29, 0.717) is 23.1 Å². The van der Waals surface area contributed by atoms with Crippen molar-refractivity contribution < 1.29 is 14.3 Å². The lowest BCUT2D eigenvalue weighted by Crippen LogP contribution is -2.52. The van der Waals surface area contributed by atoms with Crippen molar-refractivity contribution in [2.75, 3.05) is 6.61 Å². The van der Waals surface area contributed by atoms with E-state index in [0.717, 1.165) is 15.6 Å². The van der Waals surface area contributed by atoms with E-state index in [9.17, 15) is 9.59 Å². The number of hydrogen-bond acceptors (Lipinski definition) is 3. The number of amides is 2. The summed E-state index contributed by atoms with van der Waals surface area (Å²) >= 11 is 10.0. The Balaban J connectivity index is 1.91. The maximum absolute atomic E-state index is 13.7. The van der Waals surface area contributed by atoms with Gasteiger partial charge in [-0.1, -0.05) is 80.0 Å². The summed E-state index contributed by atoms with van der Waals surface area (Å²) in [5, 5.41) is 3.52. The first-order valence-corrected chi connectivity index (χ1v) is 13.6. The average molecular weight is 586 g/mol. The van der Waals surface area contributed by atoms with Gasteiger partial charge in [0.25, 0.3) is 5.91 Å². The molecule has 0 saturated carbocycles. The largest absolute Gasteiger partial charge is 0.483 e. The second kappa shape index (κ2) is 13.6. The molecule has 3 aromatic rings. The smallest absolute Gasteiger partial charge is 0.261 e. The van der Waals surface area contributed by atoms with Crippen molar-refractivity contribution >= 4 is 39.3 Å². The molecule has 0 aliphatic rings. The molecule has 1 N–H and O–H groups in total. The van der Waals surface area contributed by atoms with Crippen LogP contribution in [-0.4, -0.2) is 35.4 Å². The van der Waals surface area contributed by atoms with Crippen molar-refractivity contribution in [3.8, 4) is 5.75 Å². The van der Waals surface area contributed by atoms with Gasteiger partial charge in [0, 0.05) is 24.0 Å². The zero-order chi connectivity index (χ0) is 26.9. The number of benzene rings is 3. The summed E-state index contributed by atoms with van der Waals surface area (Å²) in [7, 11) is 0. The standard InChI is InChI=1S/C30H34BrClN2O3/c1-20(2)23-14-15-28(25(31)17-23)37-19-29(35)34(18-24-12-8-9-13-26(24)32)27(30(36)33-21(3)4)16-22-10-6-5-7-11-22/h5-15,17,20-21,27H,16,18-19H2,1-4H3,(H,33,36). The average Bonchev–Trinajstić information content (AvgIpc) is 2.86. The minimum absolute atomic E-state index is 0.0743. The molecule has 0 fully saturated rings. The summed E-state index contributed by atoms with van der Waals surface area (Å²) in [5.74, 6) is 0.416. The number of carbonyl (C=O) groups is 2. The number of nitrogens with zero attached hydrogens (tertiary/aromatic N) is 1. The van der Waals surface area contributed by atoms with Gasteiger partial charge in [-0.15, -0.1) is 0 Å². The molecule has 0 spiro atoms. The topological polar surface area (TPSA) is 58.6 Å². The van der Waals surface area contributed by atoms with Gasteiger partial charge in [-0.3, -0.25) is 9.59 Å². The summed E-state index contributed by atoms with van der Waals surface area (Å²) in [5.41, 5.74) is 2.88. The minimum Gasteiger partial charge on any atom is -0.483 e. The molecule has 1 unspecified atom stereocenters. The van der Waals surface area contributed by atoms with Crippen LogP contribution in [0.1, 0.15) is 50.3 Å². The Kier molecular flexibility index (Phi) is 10.6. The van der Waals surface area contributed by atoms with E-state index in [2.05, 4.69) is 35.1 Å². The molecule has 2 amide bonds. The van der Waals surface area contributed by atoms with E-state index in [1.165, 1.54) is 5.56 Å². The maximum atomic E-state index is 13.7. The molecule has 3 aromatic carbocycles. The van der Waals surface area contributed by atoms with Crippen LogP contribution in [0.3, 0.4) is 0 Å². The van der Waals surface area contributed by atoms with Crippen LogP contribution >= 0.6 is 27.5 Å². The van der Waals surface area contributed by atoms with Gasteiger partial charge >= 0.3 is 0 Å². The summed E-state index contributed by atoms with van der Waals surface area (Å²) in [4.78, 5) is 28.7. The van der Waals surface area contributed by atoms with Crippen molar-refractivity contribution in [3.05, 3.63) is 99.0 Å². The van der Waals surface area contributed by atoms with Crippen LogP contribution in [0.2, 0.25) is 5.02 Å². The number of ether oxygens (including phenoxy) is 1. The summed E-state index contributed by atoms with van der Waals surface area (Å²) in [6, 6.07) is 22.1. The fourth-order valence-electron chi connectivity index (χ4n) is 3.96. The summed E-state index contributed by atoms with van der Waals surface area (Å²) in [6.07, 6.45) is 0.363. The molecular formula is C30H34BrClN2O3.